The van der Waals surface area contributed by atoms with Crippen molar-refractivity contribution in [1.29, 1.82) is 0 Å². The van der Waals surface area contributed by atoms with Crippen molar-refractivity contribution >= 4 is 39.2 Å². The molecule has 1 amide bonds. The lowest BCUT2D eigenvalue weighted by Gasteiger charge is -2.20. The molecule has 0 heterocycles. The first-order chi connectivity index (χ1) is 14.7. The molecule has 0 aromatic heterocycles. The van der Waals surface area contributed by atoms with Crippen molar-refractivity contribution in [3.63, 3.8) is 0 Å². The number of carbonyl (C=O) groups is 2. The number of halogens is 1. The molecule has 0 aliphatic heterocycles. The number of rotatable bonds is 7. The van der Waals surface area contributed by atoms with Gasteiger partial charge in [0.05, 0.1) is 28.8 Å². The summed E-state index contributed by atoms with van der Waals surface area (Å²) in [7, 11) is -3.86. The van der Waals surface area contributed by atoms with E-state index in [0.29, 0.717) is 29.1 Å². The number of hydrogen-bond donors (Lipinski definition) is 3. The van der Waals surface area contributed by atoms with Gasteiger partial charge in [-0.2, -0.15) is 0 Å². The SMILES string of the molecule is CCOC(=O)C1=C(NC(=O)c2ccc(S(N)(=O)=O)cc2)C(Nc2cccc(Cl)c2)CC1. The Morgan fingerprint density at radius 2 is 1.90 bits per heavy atom. The van der Waals surface area contributed by atoms with E-state index in [1.54, 1.807) is 25.1 Å². The molecular formula is C21H22ClN3O5S. The second-order valence-corrected chi connectivity index (χ2v) is 8.88. The number of anilines is 1. The topological polar surface area (TPSA) is 128 Å². The third-order valence-corrected chi connectivity index (χ3v) is 5.90. The van der Waals surface area contributed by atoms with Gasteiger partial charge >= 0.3 is 5.97 Å². The number of benzene rings is 2. The fourth-order valence-corrected chi connectivity index (χ4v) is 3.99. The summed E-state index contributed by atoms with van der Waals surface area (Å²) in [5.41, 5.74) is 1.76. The van der Waals surface area contributed by atoms with Gasteiger partial charge in [-0.15, -0.1) is 0 Å². The van der Waals surface area contributed by atoms with E-state index in [0.717, 1.165) is 5.69 Å². The van der Waals surface area contributed by atoms with Crippen LogP contribution in [0.4, 0.5) is 5.69 Å². The first-order valence-electron chi connectivity index (χ1n) is 9.55. The lowest BCUT2D eigenvalue weighted by atomic mass is 10.1. The highest BCUT2D eigenvalue weighted by atomic mass is 35.5. The molecule has 1 aliphatic rings. The molecule has 0 spiro atoms. The van der Waals surface area contributed by atoms with Crippen molar-refractivity contribution in [3.05, 3.63) is 70.4 Å². The molecule has 8 nitrogen and oxygen atoms in total. The third kappa shape index (κ3) is 5.63. The summed E-state index contributed by atoms with van der Waals surface area (Å²) in [6, 6.07) is 12.0. The third-order valence-electron chi connectivity index (χ3n) is 4.74. The van der Waals surface area contributed by atoms with E-state index in [-0.39, 0.29) is 23.1 Å². The minimum atomic E-state index is -3.86. The second kappa shape index (κ2) is 9.51. The maximum Gasteiger partial charge on any atom is 0.335 e. The molecule has 31 heavy (non-hydrogen) atoms. The molecular weight excluding hydrogens is 442 g/mol. The monoisotopic (exact) mass is 463 g/mol. The van der Waals surface area contributed by atoms with Crippen LogP contribution in [0.1, 0.15) is 30.1 Å². The Labute approximate surface area is 185 Å². The van der Waals surface area contributed by atoms with E-state index in [2.05, 4.69) is 10.6 Å². The Kier molecular flexibility index (Phi) is 6.99. The van der Waals surface area contributed by atoms with E-state index in [9.17, 15) is 18.0 Å². The molecule has 2 aromatic rings. The Morgan fingerprint density at radius 3 is 2.52 bits per heavy atom. The number of primary sulfonamides is 1. The minimum absolute atomic E-state index is 0.100. The number of ether oxygens (including phenoxy) is 1. The number of nitrogens with one attached hydrogen (secondary N) is 2. The predicted molar refractivity (Wildman–Crippen MR) is 117 cm³/mol. The van der Waals surface area contributed by atoms with E-state index < -0.39 is 21.9 Å². The maximum absolute atomic E-state index is 12.8. The van der Waals surface area contributed by atoms with Crippen LogP contribution in [0.2, 0.25) is 5.02 Å². The normalized spacial score (nSPS) is 16.2. The number of esters is 1. The fourth-order valence-electron chi connectivity index (χ4n) is 3.29. The molecule has 1 atom stereocenters. The van der Waals surface area contributed by atoms with Gasteiger partial charge in [0, 0.05) is 16.3 Å². The Balaban J connectivity index is 1.86. The van der Waals surface area contributed by atoms with Crippen molar-refractivity contribution in [2.45, 2.75) is 30.7 Å². The summed E-state index contributed by atoms with van der Waals surface area (Å²) in [4.78, 5) is 25.1. The average molecular weight is 464 g/mol. The summed E-state index contributed by atoms with van der Waals surface area (Å²) >= 11 is 6.05. The number of hydrogen-bond acceptors (Lipinski definition) is 6. The highest BCUT2D eigenvalue weighted by Crippen LogP contribution is 2.29. The van der Waals surface area contributed by atoms with E-state index in [4.69, 9.17) is 21.5 Å². The molecule has 0 fully saturated rings. The predicted octanol–water partition coefficient (Wildman–Crippen LogP) is 2.81. The van der Waals surface area contributed by atoms with Gasteiger partial charge in [0.15, 0.2) is 0 Å². The summed E-state index contributed by atoms with van der Waals surface area (Å²) in [6.45, 7) is 1.92. The quantitative estimate of drug-likeness (QED) is 0.542. The van der Waals surface area contributed by atoms with Crippen molar-refractivity contribution in [2.75, 3.05) is 11.9 Å². The van der Waals surface area contributed by atoms with Crippen LogP contribution in [0.3, 0.4) is 0 Å². The summed E-state index contributed by atoms with van der Waals surface area (Å²) in [5, 5.41) is 11.7. The Morgan fingerprint density at radius 1 is 1.19 bits per heavy atom. The highest BCUT2D eigenvalue weighted by molar-refractivity contribution is 7.89. The van der Waals surface area contributed by atoms with E-state index in [1.165, 1.54) is 24.3 Å². The molecule has 10 heteroatoms. The average Bonchev–Trinajstić information content (AvgIpc) is 3.10. The van der Waals surface area contributed by atoms with Gasteiger partial charge in [-0.1, -0.05) is 17.7 Å². The maximum atomic E-state index is 12.8. The molecule has 0 saturated heterocycles. The molecule has 164 valence electrons. The second-order valence-electron chi connectivity index (χ2n) is 6.88. The minimum Gasteiger partial charge on any atom is -0.463 e. The van der Waals surface area contributed by atoms with Crippen molar-refractivity contribution in [2.24, 2.45) is 5.14 Å². The van der Waals surface area contributed by atoms with E-state index >= 15 is 0 Å². The lowest BCUT2D eigenvalue weighted by Crippen LogP contribution is -2.33. The standard InChI is InChI=1S/C21H22ClN3O5S/c1-2-30-21(27)17-10-11-18(24-15-5-3-4-14(22)12-15)19(17)25-20(26)13-6-8-16(9-7-13)31(23,28)29/h3-9,12,18,24H,2,10-11H2,1H3,(H,25,26)(H2,23,28,29). The number of amides is 1. The molecule has 1 aliphatic carbocycles. The Bertz CT molecular complexity index is 1130. The zero-order valence-corrected chi connectivity index (χ0v) is 18.3. The van der Waals surface area contributed by atoms with Gasteiger partial charge in [-0.05, 0) is 62.2 Å². The van der Waals surface area contributed by atoms with Gasteiger partial charge < -0.3 is 15.4 Å². The van der Waals surface area contributed by atoms with Gasteiger partial charge in [0.25, 0.3) is 5.91 Å². The molecule has 0 radical (unpaired) electrons. The van der Waals surface area contributed by atoms with Gasteiger partial charge in [-0.25, -0.2) is 18.4 Å². The van der Waals surface area contributed by atoms with Crippen LogP contribution >= 0.6 is 11.6 Å². The van der Waals surface area contributed by atoms with Crippen LogP contribution in [0.15, 0.2) is 64.7 Å². The van der Waals surface area contributed by atoms with Gasteiger partial charge in [-0.3, -0.25) is 4.79 Å². The zero-order valence-electron chi connectivity index (χ0n) is 16.7. The summed E-state index contributed by atoms with van der Waals surface area (Å²) in [6.07, 6.45) is 0.998. The molecule has 0 bridgehead atoms. The van der Waals surface area contributed by atoms with Crippen LogP contribution in [0.25, 0.3) is 0 Å². The van der Waals surface area contributed by atoms with Gasteiger partial charge in [0.1, 0.15) is 0 Å². The largest absolute Gasteiger partial charge is 0.463 e. The number of sulfonamides is 1. The van der Waals surface area contributed by atoms with E-state index in [1.807, 2.05) is 6.07 Å². The van der Waals surface area contributed by atoms with Crippen LogP contribution in [-0.2, 0) is 19.6 Å². The van der Waals surface area contributed by atoms with Crippen LogP contribution in [0.5, 0.6) is 0 Å². The van der Waals surface area contributed by atoms with Gasteiger partial charge in [0.2, 0.25) is 10.0 Å². The summed E-state index contributed by atoms with van der Waals surface area (Å²) < 4.78 is 28.0. The smallest absolute Gasteiger partial charge is 0.335 e. The number of nitrogens with two attached hydrogens (primary N) is 1. The Hall–Kier alpha value is -2.88. The molecule has 1 unspecified atom stereocenters. The summed E-state index contributed by atoms with van der Waals surface area (Å²) in [5.74, 6) is -0.977. The lowest BCUT2D eigenvalue weighted by molar-refractivity contribution is -0.138. The van der Waals surface area contributed by atoms with Crippen LogP contribution in [0, 0.1) is 0 Å². The molecule has 4 N–H and O–H groups in total. The van der Waals surface area contributed by atoms with Crippen LogP contribution in [-0.4, -0.2) is 32.9 Å². The van der Waals surface area contributed by atoms with Crippen molar-refractivity contribution < 1.29 is 22.7 Å². The number of carbonyl (C=O) groups excluding carboxylic acids is 2. The first kappa shape index (κ1) is 22.8. The van der Waals surface area contributed by atoms with Crippen molar-refractivity contribution in [3.8, 4) is 0 Å². The fraction of sp³-hybridized carbons (Fsp3) is 0.238. The van der Waals surface area contributed by atoms with Crippen LogP contribution < -0.4 is 15.8 Å². The first-order valence-corrected chi connectivity index (χ1v) is 11.5. The molecule has 3 rings (SSSR count). The zero-order chi connectivity index (χ0) is 22.6. The highest BCUT2D eigenvalue weighted by Gasteiger charge is 2.32. The molecule has 0 saturated carbocycles. The van der Waals surface area contributed by atoms with Crippen molar-refractivity contribution in [1.82, 2.24) is 5.32 Å². The molecule has 2 aromatic carbocycles.